The molecule has 2 aromatic rings. The maximum atomic E-state index is 13.8. The summed E-state index contributed by atoms with van der Waals surface area (Å²) in [5.41, 5.74) is 2.05. The van der Waals surface area contributed by atoms with Crippen LogP contribution in [0, 0.1) is 5.92 Å². The maximum absolute atomic E-state index is 13.8. The van der Waals surface area contributed by atoms with Gasteiger partial charge in [0.05, 0.1) is 5.92 Å². The summed E-state index contributed by atoms with van der Waals surface area (Å²) in [5, 5.41) is 8.63. The van der Waals surface area contributed by atoms with Gasteiger partial charge in [-0.3, -0.25) is 9.69 Å². The molecule has 4 rings (SSSR count). The van der Waals surface area contributed by atoms with E-state index in [9.17, 15) is 31.5 Å². The molecule has 0 bridgehead atoms. The molecule has 0 saturated carbocycles. The molecule has 0 aromatic heterocycles. The molecule has 1 fully saturated rings. The molecule has 190 valence electrons. The Morgan fingerprint density at radius 1 is 1.06 bits per heavy atom. The number of halogens is 3. The van der Waals surface area contributed by atoms with Crippen molar-refractivity contribution in [3.63, 3.8) is 0 Å². The molecule has 4 atom stereocenters. The van der Waals surface area contributed by atoms with Gasteiger partial charge >= 0.3 is 12.3 Å². The Labute approximate surface area is 202 Å². The summed E-state index contributed by atoms with van der Waals surface area (Å²) in [6, 6.07) is 11.7. The number of ether oxygens (including phenoxy) is 1. The van der Waals surface area contributed by atoms with Crippen LogP contribution in [0.1, 0.15) is 35.8 Å². The minimum atomic E-state index is -4.76. The Bertz CT molecular complexity index is 1170. The smallest absolute Gasteiger partial charge is 0.481 e. The van der Waals surface area contributed by atoms with Gasteiger partial charge in [0.1, 0.15) is 11.0 Å². The number of aliphatic carboxylic acids is 1. The van der Waals surface area contributed by atoms with Gasteiger partial charge in [-0.2, -0.15) is 4.31 Å². The van der Waals surface area contributed by atoms with Gasteiger partial charge in [0, 0.05) is 31.7 Å². The SMILES string of the molecule is CC1CN(Cc2ccc(OC(F)(F)F)cc2)CC(C)N1S(=O)(=O)[C@@H]1c2ccccc2C[C@@H]1C(=O)O. The van der Waals surface area contributed by atoms with Crippen molar-refractivity contribution < 1.29 is 36.2 Å². The van der Waals surface area contributed by atoms with Crippen molar-refractivity contribution in [3.05, 3.63) is 65.2 Å². The van der Waals surface area contributed by atoms with Crippen LogP contribution in [-0.4, -0.2) is 60.2 Å². The molecule has 2 aromatic carbocycles. The summed E-state index contributed by atoms with van der Waals surface area (Å²) in [5.74, 6) is -2.48. The molecule has 1 heterocycles. The Balaban J connectivity index is 1.50. The predicted octanol–water partition coefficient (Wildman–Crippen LogP) is 3.81. The summed E-state index contributed by atoms with van der Waals surface area (Å²) >= 11 is 0. The average molecular weight is 513 g/mol. The van der Waals surface area contributed by atoms with Crippen molar-refractivity contribution in [3.8, 4) is 5.75 Å². The van der Waals surface area contributed by atoms with Crippen molar-refractivity contribution in [2.75, 3.05) is 13.1 Å². The molecule has 35 heavy (non-hydrogen) atoms. The normalized spacial score (nSPS) is 25.9. The van der Waals surface area contributed by atoms with E-state index in [2.05, 4.69) is 4.74 Å². The number of benzene rings is 2. The Kier molecular flexibility index (Phi) is 6.87. The van der Waals surface area contributed by atoms with Gasteiger partial charge < -0.3 is 9.84 Å². The molecule has 1 aliphatic heterocycles. The number of nitrogens with zero attached hydrogens (tertiary/aromatic N) is 2. The van der Waals surface area contributed by atoms with Crippen LogP contribution >= 0.6 is 0 Å². The van der Waals surface area contributed by atoms with Crippen molar-refractivity contribution >= 4 is 16.0 Å². The molecule has 2 unspecified atom stereocenters. The van der Waals surface area contributed by atoms with Crippen LogP contribution in [-0.2, 0) is 27.8 Å². The van der Waals surface area contributed by atoms with E-state index in [1.54, 1.807) is 50.2 Å². The first-order valence-electron chi connectivity index (χ1n) is 11.3. The van der Waals surface area contributed by atoms with Crippen LogP contribution < -0.4 is 4.74 Å². The number of alkyl halides is 3. The quantitative estimate of drug-likeness (QED) is 0.634. The minimum absolute atomic E-state index is 0.173. The molecule has 1 aliphatic carbocycles. The molecule has 0 radical (unpaired) electrons. The Hall–Kier alpha value is -2.63. The third kappa shape index (κ3) is 5.31. The number of rotatable bonds is 6. The van der Waals surface area contributed by atoms with Crippen LogP contribution in [0.15, 0.2) is 48.5 Å². The van der Waals surface area contributed by atoms with Crippen molar-refractivity contribution in [1.29, 1.82) is 0 Å². The van der Waals surface area contributed by atoms with Crippen molar-refractivity contribution in [2.45, 2.75) is 50.5 Å². The van der Waals surface area contributed by atoms with E-state index in [0.29, 0.717) is 25.2 Å². The molecule has 2 aliphatic rings. The number of fused-ring (bicyclic) bond motifs is 1. The highest BCUT2D eigenvalue weighted by molar-refractivity contribution is 7.89. The van der Waals surface area contributed by atoms with Crippen LogP contribution in [0.3, 0.4) is 0 Å². The summed E-state index contributed by atoms with van der Waals surface area (Å²) in [6.07, 6.45) is -4.58. The molecule has 0 spiro atoms. The number of carboxylic acids is 1. The van der Waals surface area contributed by atoms with Crippen LogP contribution in [0.4, 0.5) is 13.2 Å². The fourth-order valence-corrected chi connectivity index (χ4v) is 7.95. The summed E-state index contributed by atoms with van der Waals surface area (Å²) < 4.78 is 70.2. The van der Waals surface area contributed by atoms with Crippen LogP contribution in [0.25, 0.3) is 0 Å². The second-order valence-corrected chi connectivity index (χ2v) is 11.2. The molecule has 11 heteroatoms. The van der Waals surface area contributed by atoms with Gasteiger partial charge in [-0.15, -0.1) is 13.2 Å². The molecule has 1 N–H and O–H groups in total. The number of sulfonamides is 1. The highest BCUT2D eigenvalue weighted by atomic mass is 32.2. The van der Waals surface area contributed by atoms with Crippen molar-refractivity contribution in [2.24, 2.45) is 5.92 Å². The zero-order valence-electron chi connectivity index (χ0n) is 19.3. The third-order valence-electron chi connectivity index (χ3n) is 6.58. The molecular formula is C24H27F3N2O5S. The summed E-state index contributed by atoms with van der Waals surface area (Å²) in [6.45, 7) is 4.81. The maximum Gasteiger partial charge on any atom is 0.573 e. The lowest BCUT2D eigenvalue weighted by Crippen LogP contribution is -2.59. The average Bonchev–Trinajstić information content (AvgIpc) is 3.14. The van der Waals surface area contributed by atoms with E-state index in [-0.39, 0.29) is 12.2 Å². The number of carbonyl (C=O) groups is 1. The van der Waals surface area contributed by atoms with E-state index in [1.807, 2.05) is 4.90 Å². The zero-order chi connectivity index (χ0) is 25.5. The molecule has 1 saturated heterocycles. The first-order chi connectivity index (χ1) is 16.4. The van der Waals surface area contributed by atoms with Gasteiger partial charge in [-0.25, -0.2) is 8.42 Å². The van der Waals surface area contributed by atoms with Gasteiger partial charge in [0.25, 0.3) is 0 Å². The lowest BCUT2D eigenvalue weighted by molar-refractivity contribution is -0.274. The van der Waals surface area contributed by atoms with Crippen LogP contribution in [0.5, 0.6) is 5.75 Å². The van der Waals surface area contributed by atoms with E-state index in [4.69, 9.17) is 0 Å². The third-order valence-corrected chi connectivity index (χ3v) is 9.11. The van der Waals surface area contributed by atoms with E-state index < -0.39 is 45.6 Å². The number of hydrogen-bond donors (Lipinski definition) is 1. The van der Waals surface area contributed by atoms with Crippen molar-refractivity contribution in [1.82, 2.24) is 9.21 Å². The topological polar surface area (TPSA) is 87.2 Å². The highest BCUT2D eigenvalue weighted by Crippen LogP contribution is 2.44. The van der Waals surface area contributed by atoms with Gasteiger partial charge in [-0.1, -0.05) is 36.4 Å². The second kappa shape index (κ2) is 9.44. The number of carboxylic acid groups (broad SMARTS) is 1. The monoisotopic (exact) mass is 512 g/mol. The Morgan fingerprint density at radius 3 is 2.23 bits per heavy atom. The number of piperazine rings is 1. The van der Waals surface area contributed by atoms with Gasteiger partial charge in [-0.05, 0) is 49.1 Å². The van der Waals surface area contributed by atoms with E-state index in [0.717, 1.165) is 11.1 Å². The molecular weight excluding hydrogens is 485 g/mol. The lowest BCUT2D eigenvalue weighted by Gasteiger charge is -2.44. The Morgan fingerprint density at radius 2 is 1.66 bits per heavy atom. The first-order valence-corrected chi connectivity index (χ1v) is 12.8. The number of hydrogen-bond acceptors (Lipinski definition) is 5. The van der Waals surface area contributed by atoms with Crippen LogP contribution in [0.2, 0.25) is 0 Å². The highest BCUT2D eigenvalue weighted by Gasteiger charge is 2.50. The van der Waals surface area contributed by atoms with Gasteiger partial charge in [0.2, 0.25) is 10.0 Å². The minimum Gasteiger partial charge on any atom is -0.481 e. The summed E-state index contributed by atoms with van der Waals surface area (Å²) in [7, 11) is -3.98. The molecule has 0 amide bonds. The van der Waals surface area contributed by atoms with E-state index in [1.165, 1.54) is 16.4 Å². The lowest BCUT2D eigenvalue weighted by atomic mass is 10.1. The first kappa shape index (κ1) is 25.5. The standard InChI is InChI=1S/C24H27F3N2O5S/c1-15-12-28(14-17-7-9-19(10-8-17)34-24(25,26)27)13-16(2)29(15)35(32,33)22-20-6-4-3-5-18(20)11-21(22)23(30)31/h3-10,15-16,21-22H,11-14H2,1-2H3,(H,30,31)/t15?,16?,21-,22+/m0/s1. The van der Waals surface area contributed by atoms with E-state index >= 15 is 0 Å². The second-order valence-electron chi connectivity index (χ2n) is 9.23. The fourth-order valence-electron chi connectivity index (χ4n) is 5.38. The largest absolute Gasteiger partial charge is 0.573 e. The van der Waals surface area contributed by atoms with Gasteiger partial charge in [0.15, 0.2) is 0 Å². The fraction of sp³-hybridized carbons (Fsp3) is 0.458. The molecule has 7 nitrogen and oxygen atoms in total. The summed E-state index contributed by atoms with van der Waals surface area (Å²) in [4.78, 5) is 14.0. The predicted molar refractivity (Wildman–Crippen MR) is 122 cm³/mol. The zero-order valence-corrected chi connectivity index (χ0v) is 20.1.